The van der Waals surface area contributed by atoms with Crippen molar-refractivity contribution in [3.05, 3.63) is 88.0 Å². The number of nitrogens with one attached hydrogen (secondary N) is 1. The first-order chi connectivity index (χ1) is 24.5. The van der Waals surface area contributed by atoms with Crippen molar-refractivity contribution in [1.29, 1.82) is 0 Å². The Morgan fingerprint density at radius 2 is 1.75 bits per heavy atom. The van der Waals surface area contributed by atoms with Crippen LogP contribution in [0.1, 0.15) is 31.4 Å². The number of nitro benzene ring substituents is 1. The number of nitro groups is 1. The Hall–Kier alpha value is -4.48. The predicted molar refractivity (Wildman–Crippen MR) is 181 cm³/mol. The fourth-order valence-corrected chi connectivity index (χ4v) is 7.85. The molecule has 16 heteroatoms. The lowest BCUT2D eigenvalue weighted by atomic mass is 10.0. The van der Waals surface area contributed by atoms with Gasteiger partial charge in [-0.25, -0.2) is 13.2 Å². The highest BCUT2D eigenvalue weighted by Gasteiger charge is 2.44. The summed E-state index contributed by atoms with van der Waals surface area (Å²) in [4.78, 5) is 23.7. The lowest BCUT2D eigenvalue weighted by molar-refractivity contribution is -0.384. The molecule has 0 aliphatic carbocycles. The van der Waals surface area contributed by atoms with Gasteiger partial charge < -0.3 is 38.8 Å². The van der Waals surface area contributed by atoms with Crippen LogP contribution in [-0.4, -0.2) is 86.5 Å². The molecule has 1 amide bonds. The molecule has 3 aromatic carbocycles. The van der Waals surface area contributed by atoms with E-state index in [0.717, 1.165) is 11.1 Å². The number of aliphatic hydroxyl groups is 1. The molecule has 0 radical (unpaired) electrons. The molecule has 3 aromatic rings. The molecule has 2 fully saturated rings. The van der Waals surface area contributed by atoms with Crippen molar-refractivity contribution in [1.82, 2.24) is 9.62 Å². The molecule has 2 saturated heterocycles. The maximum atomic E-state index is 13.9. The number of hydrogen-bond acceptors (Lipinski definition) is 12. The zero-order valence-corrected chi connectivity index (χ0v) is 29.0. The Kier molecular flexibility index (Phi) is 11.3. The van der Waals surface area contributed by atoms with Crippen molar-refractivity contribution in [2.45, 2.75) is 62.7 Å². The van der Waals surface area contributed by atoms with Crippen LogP contribution < -0.4 is 19.5 Å². The molecule has 274 valence electrons. The number of non-ortho nitro benzene ring substituents is 1. The maximum absolute atomic E-state index is 13.9. The van der Waals surface area contributed by atoms with Crippen molar-refractivity contribution in [2.75, 3.05) is 33.1 Å². The number of amides is 1. The van der Waals surface area contributed by atoms with Gasteiger partial charge in [0.15, 0.2) is 17.8 Å². The first-order valence-electron chi connectivity index (χ1n) is 16.7. The number of nitrogens with zero attached hydrogens (tertiary/aromatic N) is 2. The number of benzene rings is 3. The summed E-state index contributed by atoms with van der Waals surface area (Å²) in [5, 5.41) is 25.4. The first-order valence-corrected chi connectivity index (χ1v) is 18.1. The molecule has 6 rings (SSSR count). The van der Waals surface area contributed by atoms with Gasteiger partial charge in [0.25, 0.3) is 5.69 Å². The van der Waals surface area contributed by atoms with Crippen LogP contribution in [0.5, 0.6) is 17.2 Å². The van der Waals surface area contributed by atoms with Crippen LogP contribution in [0.4, 0.5) is 10.5 Å². The van der Waals surface area contributed by atoms with Crippen LogP contribution in [0.25, 0.3) is 0 Å². The first kappa shape index (κ1) is 36.3. The lowest BCUT2D eigenvalue weighted by Gasteiger charge is -2.31. The molecule has 3 heterocycles. The standard InChI is InChI=1S/C35H41N3O12S/c1-22(2)17-37(51(43,44)27-11-12-31-32(16-27)49-21-48-31)18-30(39)29(36-35(40)50-33-20-47-34-28(33)13-14-45-34)15-23-5-9-26(10-6-23)46-19-24-3-7-25(8-4-24)38(41)42/h3-12,16,22,28-30,33-34,39H,13-15,17-21H2,1-2H3,(H,36,40)/t28?,29-,30+,33?,34?/m0/s1. The average molecular weight is 728 g/mol. The second-order valence-corrected chi connectivity index (χ2v) is 15.0. The molecule has 3 aliphatic rings. The Morgan fingerprint density at radius 1 is 1.02 bits per heavy atom. The number of sulfonamides is 1. The van der Waals surface area contributed by atoms with Gasteiger partial charge in [-0.1, -0.05) is 26.0 Å². The Bertz CT molecular complexity index is 1790. The van der Waals surface area contributed by atoms with E-state index in [1.807, 2.05) is 13.8 Å². The van der Waals surface area contributed by atoms with Gasteiger partial charge in [-0.05, 0) is 66.3 Å². The summed E-state index contributed by atoms with van der Waals surface area (Å²) in [7, 11) is -4.10. The van der Waals surface area contributed by atoms with Crippen LogP contribution >= 0.6 is 0 Å². The van der Waals surface area contributed by atoms with E-state index in [0.29, 0.717) is 30.3 Å². The molecule has 2 N–H and O–H groups in total. The van der Waals surface area contributed by atoms with Crippen LogP contribution in [0, 0.1) is 22.0 Å². The number of hydrogen-bond donors (Lipinski definition) is 2. The fraction of sp³-hybridized carbons (Fsp3) is 0.457. The molecule has 0 aromatic heterocycles. The third-order valence-corrected chi connectivity index (χ3v) is 10.7. The van der Waals surface area contributed by atoms with E-state index in [4.69, 9.17) is 28.4 Å². The van der Waals surface area contributed by atoms with E-state index < -0.39 is 45.6 Å². The monoisotopic (exact) mass is 727 g/mol. The minimum absolute atomic E-state index is 0.00892. The predicted octanol–water partition coefficient (Wildman–Crippen LogP) is 4.01. The number of aliphatic hydroxyl groups excluding tert-OH is 1. The van der Waals surface area contributed by atoms with Crippen LogP contribution in [0.15, 0.2) is 71.6 Å². The molecular formula is C35H41N3O12S. The largest absolute Gasteiger partial charge is 0.489 e. The van der Waals surface area contributed by atoms with E-state index in [2.05, 4.69) is 5.32 Å². The second-order valence-electron chi connectivity index (χ2n) is 13.1. The molecule has 3 unspecified atom stereocenters. The number of rotatable bonds is 15. The van der Waals surface area contributed by atoms with E-state index in [1.54, 1.807) is 36.4 Å². The minimum Gasteiger partial charge on any atom is -0.489 e. The van der Waals surface area contributed by atoms with Crippen molar-refractivity contribution < 1.29 is 51.7 Å². The molecule has 0 saturated carbocycles. The van der Waals surface area contributed by atoms with Gasteiger partial charge in [0.2, 0.25) is 16.8 Å². The van der Waals surface area contributed by atoms with E-state index in [-0.39, 0.29) is 61.9 Å². The van der Waals surface area contributed by atoms with Gasteiger partial charge in [-0.3, -0.25) is 10.1 Å². The quantitative estimate of drug-likeness (QED) is 0.170. The van der Waals surface area contributed by atoms with Gasteiger partial charge in [0, 0.05) is 31.3 Å². The zero-order chi connectivity index (χ0) is 36.1. The number of carbonyl (C=O) groups excluding carboxylic acids is 1. The Labute approximate surface area is 295 Å². The van der Waals surface area contributed by atoms with E-state index >= 15 is 0 Å². The molecule has 15 nitrogen and oxygen atoms in total. The molecule has 0 spiro atoms. The highest BCUT2D eigenvalue weighted by molar-refractivity contribution is 7.89. The van der Waals surface area contributed by atoms with Crippen molar-refractivity contribution in [2.24, 2.45) is 11.8 Å². The summed E-state index contributed by atoms with van der Waals surface area (Å²) < 4.78 is 62.5. The third kappa shape index (κ3) is 8.88. The highest BCUT2D eigenvalue weighted by Crippen LogP contribution is 2.35. The normalized spacial score (nSPS) is 20.6. The molecule has 0 bridgehead atoms. The van der Waals surface area contributed by atoms with Crippen LogP contribution in [0.2, 0.25) is 0 Å². The fourth-order valence-electron chi connectivity index (χ4n) is 6.21. The van der Waals surface area contributed by atoms with Gasteiger partial charge in [0.1, 0.15) is 18.5 Å². The molecule has 51 heavy (non-hydrogen) atoms. The molecule has 5 atom stereocenters. The number of fused-ring (bicyclic) bond motifs is 2. The van der Waals surface area contributed by atoms with Crippen molar-refractivity contribution >= 4 is 21.8 Å². The zero-order valence-electron chi connectivity index (χ0n) is 28.2. The Morgan fingerprint density at radius 3 is 2.47 bits per heavy atom. The number of ether oxygens (including phenoxy) is 6. The van der Waals surface area contributed by atoms with Gasteiger partial charge in [-0.15, -0.1) is 0 Å². The summed E-state index contributed by atoms with van der Waals surface area (Å²) in [6.07, 6.45) is -2.23. The third-order valence-electron chi connectivity index (χ3n) is 8.88. The van der Waals surface area contributed by atoms with Crippen LogP contribution in [-0.2, 0) is 37.3 Å². The summed E-state index contributed by atoms with van der Waals surface area (Å²) >= 11 is 0. The summed E-state index contributed by atoms with van der Waals surface area (Å²) in [6, 6.07) is 16.5. The Balaban J connectivity index is 1.17. The summed E-state index contributed by atoms with van der Waals surface area (Å²) in [6.45, 7) is 4.41. The average Bonchev–Trinajstić information content (AvgIpc) is 3.86. The van der Waals surface area contributed by atoms with Gasteiger partial charge >= 0.3 is 6.09 Å². The number of alkyl carbamates (subject to hydrolysis) is 1. The van der Waals surface area contributed by atoms with Gasteiger partial charge in [0.05, 0.1) is 41.1 Å². The highest BCUT2D eigenvalue weighted by atomic mass is 32.2. The second kappa shape index (κ2) is 15.8. The van der Waals surface area contributed by atoms with Crippen molar-refractivity contribution in [3.63, 3.8) is 0 Å². The topological polar surface area (TPSA) is 185 Å². The minimum atomic E-state index is -4.10. The van der Waals surface area contributed by atoms with E-state index in [1.165, 1.54) is 34.6 Å². The SMILES string of the molecule is CC(C)CN(C[C@@H](O)[C@H](Cc1ccc(OCc2ccc([N+](=O)[O-])cc2)cc1)NC(=O)OC1COC2OCCC12)S(=O)(=O)c1ccc2c(c1)OCO2. The summed E-state index contributed by atoms with van der Waals surface area (Å²) in [5.41, 5.74) is 1.47. The van der Waals surface area contributed by atoms with E-state index in [9.17, 15) is 28.4 Å². The molecular weight excluding hydrogens is 686 g/mol. The van der Waals surface area contributed by atoms with Crippen LogP contribution in [0.3, 0.4) is 0 Å². The number of carbonyl (C=O) groups is 1. The van der Waals surface area contributed by atoms with Crippen molar-refractivity contribution in [3.8, 4) is 17.2 Å². The maximum Gasteiger partial charge on any atom is 0.407 e. The lowest BCUT2D eigenvalue weighted by Crippen LogP contribution is -2.51. The summed E-state index contributed by atoms with van der Waals surface area (Å²) in [5.74, 6) is 1.12. The smallest absolute Gasteiger partial charge is 0.407 e. The van der Waals surface area contributed by atoms with Gasteiger partial charge in [-0.2, -0.15) is 4.31 Å². The molecule has 3 aliphatic heterocycles.